The summed E-state index contributed by atoms with van der Waals surface area (Å²) in [4.78, 5) is 19.7. The lowest BCUT2D eigenvalue weighted by atomic mass is 10.3. The average molecular weight is 394 g/mol. The summed E-state index contributed by atoms with van der Waals surface area (Å²) in [6.45, 7) is 2.91. The molecule has 2 aromatic heterocycles. The lowest BCUT2D eigenvalue weighted by Crippen LogP contribution is -2.37. The number of nitrogens with one attached hydrogen (secondary N) is 1. The maximum atomic E-state index is 12.2. The van der Waals surface area contributed by atoms with Gasteiger partial charge in [0.25, 0.3) is 0 Å². The van der Waals surface area contributed by atoms with Crippen molar-refractivity contribution in [3.63, 3.8) is 0 Å². The van der Waals surface area contributed by atoms with Crippen LogP contribution >= 0.6 is 27.3 Å². The quantitative estimate of drug-likeness (QED) is 0.808. The van der Waals surface area contributed by atoms with E-state index in [2.05, 4.69) is 31.1 Å². The highest BCUT2D eigenvalue weighted by molar-refractivity contribution is 9.11. The zero-order chi connectivity index (χ0) is 16.1. The average Bonchev–Trinajstić information content (AvgIpc) is 3.00. The van der Waals surface area contributed by atoms with Crippen LogP contribution in [0.4, 0.5) is 11.5 Å². The number of anilines is 2. The molecule has 0 spiro atoms. The summed E-state index contributed by atoms with van der Waals surface area (Å²) in [7, 11) is 0. The fourth-order valence-electron chi connectivity index (χ4n) is 2.27. The van der Waals surface area contributed by atoms with Crippen molar-refractivity contribution in [3.05, 3.63) is 45.2 Å². The van der Waals surface area contributed by atoms with Gasteiger partial charge in [-0.1, -0.05) is 0 Å². The van der Waals surface area contributed by atoms with Gasteiger partial charge in [-0.15, -0.1) is 11.3 Å². The van der Waals surface area contributed by atoms with E-state index in [1.165, 1.54) is 6.08 Å². The fraction of sp³-hybridized carbons (Fsp3) is 0.250. The highest BCUT2D eigenvalue weighted by Gasteiger charge is 2.16. The second-order valence-electron chi connectivity index (χ2n) is 4.94. The predicted octanol–water partition coefficient (Wildman–Crippen LogP) is 3.39. The molecule has 0 radical (unpaired) electrons. The number of amides is 1. The fourth-order valence-corrected chi connectivity index (χ4v) is 3.60. The topological polar surface area (TPSA) is 54.5 Å². The summed E-state index contributed by atoms with van der Waals surface area (Å²) < 4.78 is 6.40. The van der Waals surface area contributed by atoms with Gasteiger partial charge in [-0.3, -0.25) is 4.79 Å². The van der Waals surface area contributed by atoms with Crippen LogP contribution in [0.15, 0.2) is 40.3 Å². The van der Waals surface area contributed by atoms with Crippen LogP contribution in [0.25, 0.3) is 6.08 Å². The van der Waals surface area contributed by atoms with Crippen molar-refractivity contribution >= 4 is 50.8 Å². The first-order valence-corrected chi connectivity index (χ1v) is 8.85. The molecule has 7 heteroatoms. The predicted molar refractivity (Wildman–Crippen MR) is 97.0 cm³/mol. The van der Waals surface area contributed by atoms with Crippen LogP contribution in [0.3, 0.4) is 0 Å². The molecule has 0 aliphatic carbocycles. The highest BCUT2D eigenvalue weighted by atomic mass is 79.9. The van der Waals surface area contributed by atoms with Gasteiger partial charge in [-0.2, -0.15) is 0 Å². The van der Waals surface area contributed by atoms with Crippen molar-refractivity contribution < 1.29 is 9.53 Å². The van der Waals surface area contributed by atoms with Crippen molar-refractivity contribution in [2.75, 3.05) is 36.5 Å². The molecule has 0 atom stereocenters. The van der Waals surface area contributed by atoms with Crippen LogP contribution < -0.4 is 10.2 Å². The number of carbonyl (C=O) groups excluding carboxylic acids is 1. The summed E-state index contributed by atoms with van der Waals surface area (Å²) in [5, 5.41) is 2.91. The zero-order valence-electron chi connectivity index (χ0n) is 12.4. The van der Waals surface area contributed by atoms with E-state index in [0.717, 1.165) is 33.3 Å². The Bertz CT molecular complexity index is 711. The molecule has 0 bridgehead atoms. The number of pyridine rings is 1. The molecule has 120 valence electrons. The summed E-state index contributed by atoms with van der Waals surface area (Å²) in [6, 6.07) is 7.60. The Balaban J connectivity index is 1.69. The smallest absolute Gasteiger partial charge is 0.248 e. The number of halogens is 1. The van der Waals surface area contributed by atoms with Crippen LogP contribution in [0.1, 0.15) is 4.88 Å². The van der Waals surface area contributed by atoms with Gasteiger partial charge in [0.1, 0.15) is 0 Å². The molecular formula is C16H16BrN3O2S. The first-order valence-electron chi connectivity index (χ1n) is 7.24. The molecule has 1 saturated heterocycles. The SMILES string of the molecule is O=C(/C=C/c1ccc(Br)s1)Nc1cccnc1N1CCOCC1. The number of morpholine rings is 1. The maximum absolute atomic E-state index is 12.2. The molecule has 0 aromatic carbocycles. The lowest BCUT2D eigenvalue weighted by Gasteiger charge is -2.29. The second kappa shape index (κ2) is 7.72. The van der Waals surface area contributed by atoms with Gasteiger partial charge in [-0.25, -0.2) is 4.98 Å². The van der Waals surface area contributed by atoms with Crippen molar-refractivity contribution in [1.29, 1.82) is 0 Å². The zero-order valence-corrected chi connectivity index (χ0v) is 14.8. The van der Waals surface area contributed by atoms with Crippen LogP contribution in [0.2, 0.25) is 0 Å². The molecular weight excluding hydrogens is 378 g/mol. The third-order valence-electron chi connectivity index (χ3n) is 3.35. The number of hydrogen-bond donors (Lipinski definition) is 1. The molecule has 1 aliphatic rings. The molecule has 5 nitrogen and oxygen atoms in total. The summed E-state index contributed by atoms with van der Waals surface area (Å²) in [5.74, 6) is 0.619. The molecule has 3 rings (SSSR count). The van der Waals surface area contributed by atoms with Gasteiger partial charge in [-0.05, 0) is 46.3 Å². The number of thiophene rings is 1. The van der Waals surface area contributed by atoms with E-state index in [1.54, 1.807) is 23.6 Å². The molecule has 3 heterocycles. The van der Waals surface area contributed by atoms with E-state index >= 15 is 0 Å². The molecule has 1 aliphatic heterocycles. The minimum Gasteiger partial charge on any atom is -0.378 e. The minimum atomic E-state index is -0.169. The molecule has 1 fully saturated rings. The van der Waals surface area contributed by atoms with E-state index in [1.807, 2.05) is 24.3 Å². The number of hydrogen-bond acceptors (Lipinski definition) is 5. The second-order valence-corrected chi connectivity index (χ2v) is 7.43. The molecule has 0 saturated carbocycles. The van der Waals surface area contributed by atoms with Crippen molar-refractivity contribution in [2.24, 2.45) is 0 Å². The van der Waals surface area contributed by atoms with Crippen molar-refractivity contribution in [1.82, 2.24) is 4.98 Å². The number of nitrogens with zero attached hydrogens (tertiary/aromatic N) is 2. The molecule has 2 aromatic rings. The van der Waals surface area contributed by atoms with E-state index < -0.39 is 0 Å². The van der Waals surface area contributed by atoms with E-state index in [4.69, 9.17) is 4.74 Å². The third-order valence-corrected chi connectivity index (χ3v) is 4.94. The summed E-state index contributed by atoms with van der Waals surface area (Å²) >= 11 is 4.98. The van der Waals surface area contributed by atoms with Gasteiger partial charge < -0.3 is 15.0 Å². The van der Waals surface area contributed by atoms with Gasteiger partial charge in [0.15, 0.2) is 5.82 Å². The molecule has 23 heavy (non-hydrogen) atoms. The number of aromatic nitrogens is 1. The van der Waals surface area contributed by atoms with Gasteiger partial charge in [0.05, 0.1) is 22.7 Å². The summed E-state index contributed by atoms with van der Waals surface area (Å²) in [6.07, 6.45) is 5.07. The minimum absolute atomic E-state index is 0.169. The van der Waals surface area contributed by atoms with Crippen molar-refractivity contribution in [3.8, 4) is 0 Å². The number of carbonyl (C=O) groups is 1. The molecule has 0 unspecified atom stereocenters. The largest absolute Gasteiger partial charge is 0.378 e. The van der Waals surface area contributed by atoms with Crippen LogP contribution in [0.5, 0.6) is 0 Å². The van der Waals surface area contributed by atoms with E-state index in [0.29, 0.717) is 13.2 Å². The van der Waals surface area contributed by atoms with Crippen LogP contribution in [-0.4, -0.2) is 37.2 Å². The van der Waals surface area contributed by atoms with Gasteiger partial charge >= 0.3 is 0 Å². The normalized spacial score (nSPS) is 15.1. The maximum Gasteiger partial charge on any atom is 0.248 e. The van der Waals surface area contributed by atoms with E-state index in [9.17, 15) is 4.79 Å². The highest BCUT2D eigenvalue weighted by Crippen LogP contribution is 2.25. The Kier molecular flexibility index (Phi) is 5.43. The third kappa shape index (κ3) is 4.40. The molecule has 1 N–H and O–H groups in total. The number of ether oxygens (including phenoxy) is 1. The van der Waals surface area contributed by atoms with Gasteiger partial charge in [0.2, 0.25) is 5.91 Å². The van der Waals surface area contributed by atoms with Gasteiger partial charge in [0, 0.05) is 30.2 Å². The van der Waals surface area contributed by atoms with Crippen LogP contribution in [-0.2, 0) is 9.53 Å². The van der Waals surface area contributed by atoms with Crippen LogP contribution in [0, 0.1) is 0 Å². The molecule has 1 amide bonds. The standard InChI is InChI=1S/C16H16BrN3O2S/c17-14-5-3-12(23-14)4-6-15(21)19-13-2-1-7-18-16(13)20-8-10-22-11-9-20/h1-7H,8-11H2,(H,19,21)/b6-4+. The first-order chi connectivity index (χ1) is 11.2. The Morgan fingerprint density at radius 2 is 2.17 bits per heavy atom. The summed E-state index contributed by atoms with van der Waals surface area (Å²) in [5.41, 5.74) is 0.719. The Labute approximate surface area is 147 Å². The number of rotatable bonds is 4. The lowest BCUT2D eigenvalue weighted by molar-refractivity contribution is -0.111. The monoisotopic (exact) mass is 393 g/mol. The Morgan fingerprint density at radius 3 is 2.91 bits per heavy atom. The van der Waals surface area contributed by atoms with E-state index in [-0.39, 0.29) is 5.91 Å². The Hall–Kier alpha value is -1.70. The van der Waals surface area contributed by atoms with Crippen molar-refractivity contribution in [2.45, 2.75) is 0 Å². The first kappa shape index (κ1) is 16.2. The Morgan fingerprint density at radius 1 is 1.35 bits per heavy atom.